The Balaban J connectivity index is 1.65. The van der Waals surface area contributed by atoms with E-state index in [-0.39, 0.29) is 0 Å². The van der Waals surface area contributed by atoms with E-state index in [1.165, 1.54) is 29.9 Å². The quantitative estimate of drug-likeness (QED) is 0.882. The average Bonchev–Trinajstić information content (AvgIpc) is 2.94. The van der Waals surface area contributed by atoms with Crippen molar-refractivity contribution in [2.45, 2.75) is 32.2 Å². The molecule has 4 nitrogen and oxygen atoms in total. The lowest BCUT2D eigenvalue weighted by Crippen LogP contribution is -2.51. The van der Waals surface area contributed by atoms with Crippen LogP contribution in [0.15, 0.2) is 12.1 Å². The molecule has 0 bridgehead atoms. The molecule has 2 aliphatic rings. The molecule has 4 heteroatoms. The van der Waals surface area contributed by atoms with Crippen LogP contribution in [-0.4, -0.2) is 48.6 Å². The van der Waals surface area contributed by atoms with Crippen molar-refractivity contribution in [3.05, 3.63) is 23.4 Å². The van der Waals surface area contributed by atoms with E-state index in [2.05, 4.69) is 28.9 Å². The molecule has 1 aliphatic carbocycles. The standard InChI is InChI=1S/C15H24N4/c1-12(11-16)18-7-9-19(10-8-18)15-6-5-13-3-2-4-14(13)17-15/h5-6,12H,2-4,7-11,16H2,1H3. The van der Waals surface area contributed by atoms with Crippen LogP contribution in [0.4, 0.5) is 5.82 Å². The zero-order chi connectivity index (χ0) is 13.2. The summed E-state index contributed by atoms with van der Waals surface area (Å²) in [5.41, 5.74) is 8.53. The van der Waals surface area contributed by atoms with Crippen molar-refractivity contribution in [3.63, 3.8) is 0 Å². The highest BCUT2D eigenvalue weighted by molar-refractivity contribution is 5.43. The van der Waals surface area contributed by atoms with Crippen molar-refractivity contribution in [2.75, 3.05) is 37.6 Å². The fourth-order valence-corrected chi connectivity index (χ4v) is 3.13. The molecule has 2 heterocycles. The molecule has 19 heavy (non-hydrogen) atoms. The molecule has 1 fully saturated rings. The smallest absolute Gasteiger partial charge is 0.128 e. The Hall–Kier alpha value is -1.13. The van der Waals surface area contributed by atoms with E-state index in [0.29, 0.717) is 6.04 Å². The maximum atomic E-state index is 5.74. The highest BCUT2D eigenvalue weighted by Gasteiger charge is 2.22. The Morgan fingerprint density at radius 3 is 2.74 bits per heavy atom. The molecule has 0 spiro atoms. The van der Waals surface area contributed by atoms with E-state index in [1.54, 1.807) is 0 Å². The first-order chi connectivity index (χ1) is 9.28. The molecule has 1 aromatic rings. The van der Waals surface area contributed by atoms with Crippen molar-refractivity contribution in [1.29, 1.82) is 0 Å². The van der Waals surface area contributed by atoms with Crippen molar-refractivity contribution in [3.8, 4) is 0 Å². The summed E-state index contributed by atoms with van der Waals surface area (Å²) < 4.78 is 0. The van der Waals surface area contributed by atoms with Gasteiger partial charge in [0.25, 0.3) is 0 Å². The predicted molar refractivity (Wildman–Crippen MR) is 78.6 cm³/mol. The number of rotatable bonds is 3. The van der Waals surface area contributed by atoms with Gasteiger partial charge in [-0.05, 0) is 37.8 Å². The first kappa shape index (κ1) is 12.9. The molecule has 1 saturated heterocycles. The van der Waals surface area contributed by atoms with E-state index in [4.69, 9.17) is 10.7 Å². The molecule has 1 unspecified atom stereocenters. The number of fused-ring (bicyclic) bond motifs is 1. The lowest BCUT2D eigenvalue weighted by Gasteiger charge is -2.38. The van der Waals surface area contributed by atoms with Crippen LogP contribution in [-0.2, 0) is 12.8 Å². The van der Waals surface area contributed by atoms with Crippen LogP contribution in [0.5, 0.6) is 0 Å². The van der Waals surface area contributed by atoms with Gasteiger partial charge in [-0.3, -0.25) is 4.90 Å². The Morgan fingerprint density at radius 2 is 2.00 bits per heavy atom. The van der Waals surface area contributed by atoms with Gasteiger partial charge in [-0.1, -0.05) is 6.07 Å². The maximum Gasteiger partial charge on any atom is 0.128 e. The van der Waals surface area contributed by atoms with Crippen LogP contribution < -0.4 is 10.6 Å². The van der Waals surface area contributed by atoms with Crippen LogP contribution in [0.25, 0.3) is 0 Å². The molecule has 2 N–H and O–H groups in total. The Labute approximate surface area is 115 Å². The van der Waals surface area contributed by atoms with Gasteiger partial charge in [0.2, 0.25) is 0 Å². The second kappa shape index (κ2) is 5.47. The number of anilines is 1. The Bertz CT molecular complexity index is 438. The largest absolute Gasteiger partial charge is 0.354 e. The van der Waals surface area contributed by atoms with Crippen molar-refractivity contribution in [1.82, 2.24) is 9.88 Å². The van der Waals surface area contributed by atoms with Crippen molar-refractivity contribution < 1.29 is 0 Å². The van der Waals surface area contributed by atoms with Gasteiger partial charge in [0.05, 0.1) is 0 Å². The summed E-state index contributed by atoms with van der Waals surface area (Å²) in [6, 6.07) is 4.97. The summed E-state index contributed by atoms with van der Waals surface area (Å²) in [6.45, 7) is 7.28. The van der Waals surface area contributed by atoms with Gasteiger partial charge in [0, 0.05) is 44.5 Å². The number of aromatic nitrogens is 1. The van der Waals surface area contributed by atoms with Crippen LogP contribution in [0, 0.1) is 0 Å². The van der Waals surface area contributed by atoms with E-state index in [9.17, 15) is 0 Å². The minimum absolute atomic E-state index is 0.495. The summed E-state index contributed by atoms with van der Waals surface area (Å²) in [5.74, 6) is 1.17. The van der Waals surface area contributed by atoms with E-state index in [1.807, 2.05) is 0 Å². The summed E-state index contributed by atoms with van der Waals surface area (Å²) in [4.78, 5) is 9.74. The van der Waals surface area contributed by atoms with Gasteiger partial charge >= 0.3 is 0 Å². The predicted octanol–water partition coefficient (Wildman–Crippen LogP) is 1.04. The number of aryl methyl sites for hydroxylation is 2. The topological polar surface area (TPSA) is 45.4 Å². The molecule has 3 rings (SSSR count). The minimum atomic E-state index is 0.495. The van der Waals surface area contributed by atoms with E-state index in [0.717, 1.165) is 39.1 Å². The first-order valence-electron chi connectivity index (χ1n) is 7.46. The maximum absolute atomic E-state index is 5.74. The number of hydrogen-bond donors (Lipinski definition) is 1. The zero-order valence-corrected chi connectivity index (χ0v) is 11.8. The monoisotopic (exact) mass is 260 g/mol. The molecule has 1 aliphatic heterocycles. The third kappa shape index (κ3) is 2.60. The van der Waals surface area contributed by atoms with Crippen molar-refractivity contribution in [2.24, 2.45) is 5.73 Å². The lowest BCUT2D eigenvalue weighted by atomic mass is 10.2. The van der Waals surface area contributed by atoms with Crippen LogP contribution >= 0.6 is 0 Å². The molecule has 0 radical (unpaired) electrons. The van der Waals surface area contributed by atoms with Gasteiger partial charge in [-0.25, -0.2) is 4.98 Å². The number of piperazine rings is 1. The van der Waals surface area contributed by atoms with E-state index >= 15 is 0 Å². The third-order valence-electron chi connectivity index (χ3n) is 4.52. The summed E-state index contributed by atoms with van der Waals surface area (Å²) in [7, 11) is 0. The first-order valence-corrected chi connectivity index (χ1v) is 7.46. The molecule has 0 saturated carbocycles. The fraction of sp³-hybridized carbons (Fsp3) is 0.667. The average molecular weight is 260 g/mol. The highest BCUT2D eigenvalue weighted by Crippen LogP contribution is 2.24. The number of hydrogen-bond acceptors (Lipinski definition) is 4. The number of pyridine rings is 1. The molecule has 1 aromatic heterocycles. The lowest BCUT2D eigenvalue weighted by molar-refractivity contribution is 0.201. The second-order valence-electron chi connectivity index (χ2n) is 5.74. The van der Waals surface area contributed by atoms with Gasteiger partial charge in [-0.15, -0.1) is 0 Å². The Morgan fingerprint density at radius 1 is 1.21 bits per heavy atom. The SMILES string of the molecule is CC(CN)N1CCN(c2ccc3c(n2)CCC3)CC1. The summed E-state index contributed by atoms with van der Waals surface area (Å²) >= 11 is 0. The number of nitrogens with two attached hydrogens (primary N) is 1. The zero-order valence-electron chi connectivity index (χ0n) is 11.8. The third-order valence-corrected chi connectivity index (χ3v) is 4.52. The van der Waals surface area contributed by atoms with Crippen molar-refractivity contribution >= 4 is 5.82 Å². The van der Waals surface area contributed by atoms with Gasteiger partial charge in [-0.2, -0.15) is 0 Å². The van der Waals surface area contributed by atoms with Crippen LogP contribution in [0.1, 0.15) is 24.6 Å². The normalized spacial score (nSPS) is 21.5. The van der Waals surface area contributed by atoms with Gasteiger partial charge in [0.15, 0.2) is 0 Å². The number of nitrogens with zero attached hydrogens (tertiary/aromatic N) is 3. The van der Waals surface area contributed by atoms with Gasteiger partial charge < -0.3 is 10.6 Å². The molecular weight excluding hydrogens is 236 g/mol. The summed E-state index contributed by atoms with van der Waals surface area (Å²) in [6.07, 6.45) is 3.64. The van der Waals surface area contributed by atoms with Crippen LogP contribution in [0.3, 0.4) is 0 Å². The van der Waals surface area contributed by atoms with Gasteiger partial charge in [0.1, 0.15) is 5.82 Å². The molecule has 1 atom stereocenters. The molecule has 104 valence electrons. The highest BCUT2D eigenvalue weighted by atomic mass is 15.3. The van der Waals surface area contributed by atoms with E-state index < -0.39 is 0 Å². The molecule has 0 amide bonds. The second-order valence-corrected chi connectivity index (χ2v) is 5.74. The minimum Gasteiger partial charge on any atom is -0.354 e. The fourth-order valence-electron chi connectivity index (χ4n) is 3.13. The molecule has 0 aromatic carbocycles. The molecular formula is C15H24N4. The van der Waals surface area contributed by atoms with Crippen LogP contribution in [0.2, 0.25) is 0 Å². The Kier molecular flexibility index (Phi) is 3.71. The summed E-state index contributed by atoms with van der Waals surface area (Å²) in [5, 5.41) is 0.